The molecule has 2 rings (SSSR count). The van der Waals surface area contributed by atoms with Crippen LogP contribution in [0, 0.1) is 11.8 Å². The van der Waals surface area contributed by atoms with Gasteiger partial charge in [-0.3, -0.25) is 0 Å². The maximum absolute atomic E-state index is 11.9. The summed E-state index contributed by atoms with van der Waals surface area (Å²) in [6.07, 6.45) is 2.71. The Morgan fingerprint density at radius 2 is 2.35 bits per heavy atom. The molecule has 1 aromatic rings. The highest BCUT2D eigenvalue weighted by Crippen LogP contribution is 2.28. The first kappa shape index (κ1) is 14.6. The lowest BCUT2D eigenvalue weighted by molar-refractivity contribution is 0.0527. The van der Waals surface area contributed by atoms with Crippen LogP contribution in [0.4, 0.5) is 11.5 Å². The van der Waals surface area contributed by atoms with Crippen molar-refractivity contribution < 1.29 is 9.53 Å². The van der Waals surface area contributed by atoms with Gasteiger partial charge in [0.15, 0.2) is 0 Å². The molecule has 0 aliphatic carbocycles. The largest absolute Gasteiger partial charge is 0.462 e. The number of nitrogens with zero attached hydrogens (tertiary/aromatic N) is 2. The van der Waals surface area contributed by atoms with Gasteiger partial charge in [0.05, 0.1) is 24.1 Å². The van der Waals surface area contributed by atoms with Crippen LogP contribution in [0.3, 0.4) is 0 Å². The van der Waals surface area contributed by atoms with E-state index >= 15 is 0 Å². The van der Waals surface area contributed by atoms with E-state index in [9.17, 15) is 4.79 Å². The Labute approximate surface area is 120 Å². The topological polar surface area (TPSA) is 68.5 Å². The molecule has 110 valence electrons. The van der Waals surface area contributed by atoms with Gasteiger partial charge in [-0.05, 0) is 31.2 Å². The molecule has 1 unspecified atom stereocenters. The number of rotatable bonds is 4. The number of anilines is 2. The molecule has 1 aliphatic heterocycles. The molecule has 0 bridgehead atoms. The zero-order chi connectivity index (χ0) is 14.7. The molecule has 0 aromatic carbocycles. The van der Waals surface area contributed by atoms with Gasteiger partial charge in [0.1, 0.15) is 5.82 Å². The number of hydrogen-bond donors (Lipinski definition) is 1. The summed E-state index contributed by atoms with van der Waals surface area (Å²) in [4.78, 5) is 18.4. The lowest BCUT2D eigenvalue weighted by Gasteiger charge is -2.19. The summed E-state index contributed by atoms with van der Waals surface area (Å²) >= 11 is 0. The monoisotopic (exact) mass is 277 g/mol. The van der Waals surface area contributed by atoms with Crippen molar-refractivity contribution >= 4 is 17.5 Å². The summed E-state index contributed by atoms with van der Waals surface area (Å²) in [6.45, 7) is 8.57. The predicted molar refractivity (Wildman–Crippen MR) is 79.8 cm³/mol. The van der Waals surface area contributed by atoms with Crippen LogP contribution < -0.4 is 10.6 Å². The minimum atomic E-state index is -0.381. The van der Waals surface area contributed by atoms with Gasteiger partial charge in [0.2, 0.25) is 0 Å². The minimum absolute atomic E-state index is 0.342. The van der Waals surface area contributed by atoms with Crippen molar-refractivity contribution in [1.82, 2.24) is 4.98 Å². The molecule has 0 amide bonds. The summed E-state index contributed by atoms with van der Waals surface area (Å²) in [7, 11) is 0. The highest BCUT2D eigenvalue weighted by molar-refractivity contribution is 5.95. The van der Waals surface area contributed by atoms with E-state index in [-0.39, 0.29) is 5.97 Å². The van der Waals surface area contributed by atoms with Gasteiger partial charge < -0.3 is 15.4 Å². The number of aromatic nitrogens is 1. The zero-order valence-electron chi connectivity index (χ0n) is 12.4. The van der Waals surface area contributed by atoms with E-state index < -0.39 is 0 Å². The lowest BCUT2D eigenvalue weighted by atomic mass is 9.95. The van der Waals surface area contributed by atoms with Crippen molar-refractivity contribution in [2.75, 3.05) is 30.3 Å². The van der Waals surface area contributed by atoms with E-state index in [0.717, 1.165) is 18.9 Å². The fourth-order valence-corrected chi connectivity index (χ4v) is 2.55. The van der Waals surface area contributed by atoms with Gasteiger partial charge in [-0.15, -0.1) is 0 Å². The van der Waals surface area contributed by atoms with Crippen molar-refractivity contribution in [2.45, 2.75) is 27.2 Å². The van der Waals surface area contributed by atoms with E-state index in [2.05, 4.69) is 23.7 Å². The Morgan fingerprint density at radius 3 is 2.95 bits per heavy atom. The molecule has 0 radical (unpaired) electrons. The molecule has 0 saturated carbocycles. The first-order valence-corrected chi connectivity index (χ1v) is 7.20. The maximum Gasteiger partial charge on any atom is 0.340 e. The number of nitrogen functional groups attached to an aromatic ring is 1. The van der Waals surface area contributed by atoms with Gasteiger partial charge in [0.25, 0.3) is 0 Å². The summed E-state index contributed by atoms with van der Waals surface area (Å²) in [6, 6.07) is 1.75. The van der Waals surface area contributed by atoms with E-state index in [1.807, 2.05) is 0 Å². The Balaban J connectivity index is 2.18. The highest BCUT2D eigenvalue weighted by atomic mass is 16.5. The average Bonchev–Trinajstić information content (AvgIpc) is 2.89. The van der Waals surface area contributed by atoms with Crippen LogP contribution in [-0.4, -0.2) is 30.6 Å². The molecule has 2 heterocycles. The van der Waals surface area contributed by atoms with Crippen LogP contribution >= 0.6 is 0 Å². The second kappa shape index (κ2) is 6.11. The lowest BCUT2D eigenvalue weighted by Crippen LogP contribution is -2.23. The number of pyridine rings is 1. The molecule has 1 atom stereocenters. The average molecular weight is 277 g/mol. The van der Waals surface area contributed by atoms with Gasteiger partial charge in [-0.2, -0.15) is 0 Å². The molecule has 1 aliphatic rings. The molecule has 5 heteroatoms. The van der Waals surface area contributed by atoms with Gasteiger partial charge in [-0.1, -0.05) is 13.8 Å². The van der Waals surface area contributed by atoms with Gasteiger partial charge in [0, 0.05) is 13.1 Å². The van der Waals surface area contributed by atoms with Gasteiger partial charge >= 0.3 is 5.97 Å². The zero-order valence-corrected chi connectivity index (χ0v) is 12.4. The van der Waals surface area contributed by atoms with Crippen molar-refractivity contribution in [2.24, 2.45) is 11.8 Å². The fourth-order valence-electron chi connectivity index (χ4n) is 2.55. The minimum Gasteiger partial charge on any atom is -0.462 e. The molecule has 1 saturated heterocycles. The summed E-state index contributed by atoms with van der Waals surface area (Å²) in [5.74, 6) is 1.78. The number of carbonyl (C=O) groups is 1. The van der Waals surface area contributed by atoms with E-state index in [1.54, 1.807) is 19.2 Å². The van der Waals surface area contributed by atoms with Crippen LogP contribution in [0.15, 0.2) is 12.3 Å². The number of hydrogen-bond acceptors (Lipinski definition) is 5. The molecule has 2 N–H and O–H groups in total. The Kier molecular flexibility index (Phi) is 4.47. The number of carbonyl (C=O) groups excluding carboxylic acids is 1. The smallest absolute Gasteiger partial charge is 0.340 e. The molecule has 5 nitrogen and oxygen atoms in total. The number of esters is 1. The van der Waals surface area contributed by atoms with Gasteiger partial charge in [-0.25, -0.2) is 9.78 Å². The summed E-state index contributed by atoms with van der Waals surface area (Å²) < 4.78 is 5.02. The molecule has 20 heavy (non-hydrogen) atoms. The Morgan fingerprint density at radius 1 is 1.60 bits per heavy atom. The SMILES string of the molecule is CCOC(=O)c1cc(N2CCC(C(C)C)C2)ncc1N. The van der Waals surface area contributed by atoms with Crippen molar-refractivity contribution in [3.05, 3.63) is 17.8 Å². The molecule has 0 spiro atoms. The Bertz CT molecular complexity index is 488. The summed E-state index contributed by atoms with van der Waals surface area (Å²) in [5.41, 5.74) is 6.59. The molecular formula is C15H23N3O2. The van der Waals surface area contributed by atoms with Crippen LogP contribution in [0.5, 0.6) is 0 Å². The third-order valence-corrected chi connectivity index (χ3v) is 3.91. The van der Waals surface area contributed by atoms with Crippen LogP contribution in [0.1, 0.15) is 37.6 Å². The van der Waals surface area contributed by atoms with Crippen LogP contribution in [0.25, 0.3) is 0 Å². The van der Waals surface area contributed by atoms with Crippen LogP contribution in [-0.2, 0) is 4.74 Å². The van der Waals surface area contributed by atoms with E-state index in [4.69, 9.17) is 10.5 Å². The van der Waals surface area contributed by atoms with E-state index in [0.29, 0.717) is 29.7 Å². The summed E-state index contributed by atoms with van der Waals surface area (Å²) in [5, 5.41) is 0. The molecular weight excluding hydrogens is 254 g/mol. The van der Waals surface area contributed by atoms with Crippen molar-refractivity contribution in [3.8, 4) is 0 Å². The molecule has 1 aromatic heterocycles. The second-order valence-corrected chi connectivity index (χ2v) is 5.59. The van der Waals surface area contributed by atoms with Crippen molar-refractivity contribution in [3.63, 3.8) is 0 Å². The second-order valence-electron chi connectivity index (χ2n) is 5.59. The normalized spacial score (nSPS) is 18.6. The quantitative estimate of drug-likeness (QED) is 0.855. The fraction of sp³-hybridized carbons (Fsp3) is 0.600. The maximum atomic E-state index is 11.9. The standard InChI is InChI=1S/C15H23N3O2/c1-4-20-15(19)12-7-14(17-8-13(12)16)18-6-5-11(9-18)10(2)3/h7-8,10-11H,4-6,9,16H2,1-3H3. The molecule has 1 fully saturated rings. The first-order valence-electron chi connectivity index (χ1n) is 7.20. The van der Waals surface area contributed by atoms with E-state index in [1.165, 1.54) is 6.42 Å². The van der Waals surface area contributed by atoms with Crippen molar-refractivity contribution in [1.29, 1.82) is 0 Å². The Hall–Kier alpha value is -1.78. The predicted octanol–water partition coefficient (Wildman–Crippen LogP) is 2.32. The third kappa shape index (κ3) is 3.03. The highest BCUT2D eigenvalue weighted by Gasteiger charge is 2.26. The first-order chi connectivity index (χ1) is 9.52. The van der Waals surface area contributed by atoms with Crippen LogP contribution in [0.2, 0.25) is 0 Å². The number of nitrogens with two attached hydrogens (primary N) is 1. The number of ether oxygens (including phenoxy) is 1. The third-order valence-electron chi connectivity index (χ3n) is 3.91.